The monoisotopic (exact) mass is 188 g/mol. The molecule has 1 saturated heterocycles. The van der Waals surface area contributed by atoms with Crippen LogP contribution in [0.5, 0.6) is 0 Å². The maximum Gasteiger partial charge on any atom is 0.0591 e. The van der Waals surface area contributed by atoms with Gasteiger partial charge in [0.15, 0.2) is 0 Å². The first kappa shape index (κ1) is 12.9. The highest BCUT2D eigenvalue weighted by molar-refractivity contribution is 4.79. The summed E-state index contributed by atoms with van der Waals surface area (Å²) in [6.45, 7) is 7.71. The van der Waals surface area contributed by atoms with E-state index in [4.69, 9.17) is 16.2 Å². The summed E-state index contributed by atoms with van der Waals surface area (Å²) in [6, 6.07) is 0. The van der Waals surface area contributed by atoms with Crippen molar-refractivity contribution in [1.29, 1.82) is 0 Å². The van der Waals surface area contributed by atoms with E-state index < -0.39 is 0 Å². The van der Waals surface area contributed by atoms with E-state index in [1.165, 1.54) is 0 Å². The molecule has 3 heteroatoms. The molecule has 0 radical (unpaired) electrons. The fraction of sp³-hybridized carbons (Fsp3) is 1.00. The Bertz CT molecular complexity index is 119. The van der Waals surface area contributed by atoms with Crippen molar-refractivity contribution in [3.63, 3.8) is 0 Å². The van der Waals surface area contributed by atoms with E-state index in [2.05, 4.69) is 13.8 Å². The SMILES string of the molecule is CCC1CC(CN)C(C)O1.CCN. The molecule has 0 amide bonds. The quantitative estimate of drug-likeness (QED) is 0.682. The Labute approximate surface area is 81.8 Å². The highest BCUT2D eigenvalue weighted by atomic mass is 16.5. The van der Waals surface area contributed by atoms with Gasteiger partial charge < -0.3 is 16.2 Å². The molecule has 0 aromatic carbocycles. The van der Waals surface area contributed by atoms with Gasteiger partial charge in [0.05, 0.1) is 12.2 Å². The van der Waals surface area contributed by atoms with Crippen LogP contribution in [0.1, 0.15) is 33.6 Å². The van der Waals surface area contributed by atoms with E-state index in [1.54, 1.807) is 0 Å². The van der Waals surface area contributed by atoms with Crippen LogP contribution in [0.4, 0.5) is 0 Å². The van der Waals surface area contributed by atoms with Gasteiger partial charge in [-0.05, 0) is 38.8 Å². The average molecular weight is 188 g/mol. The van der Waals surface area contributed by atoms with Crippen molar-refractivity contribution in [2.24, 2.45) is 17.4 Å². The first-order chi connectivity index (χ1) is 6.19. The molecule has 3 atom stereocenters. The number of ether oxygens (including phenoxy) is 1. The Morgan fingerprint density at radius 1 is 1.31 bits per heavy atom. The number of hydrogen-bond acceptors (Lipinski definition) is 3. The molecule has 0 bridgehead atoms. The van der Waals surface area contributed by atoms with Crippen LogP contribution in [-0.4, -0.2) is 25.3 Å². The molecule has 4 N–H and O–H groups in total. The lowest BCUT2D eigenvalue weighted by atomic mass is 10.00. The molecule has 0 saturated carbocycles. The van der Waals surface area contributed by atoms with E-state index in [0.717, 1.165) is 25.9 Å². The Hall–Kier alpha value is -0.120. The van der Waals surface area contributed by atoms with Crippen LogP contribution >= 0.6 is 0 Å². The minimum atomic E-state index is 0.384. The molecule has 0 aliphatic carbocycles. The van der Waals surface area contributed by atoms with Crippen molar-refractivity contribution in [1.82, 2.24) is 0 Å². The zero-order chi connectivity index (χ0) is 10.3. The van der Waals surface area contributed by atoms with Gasteiger partial charge >= 0.3 is 0 Å². The van der Waals surface area contributed by atoms with E-state index in [0.29, 0.717) is 18.1 Å². The summed E-state index contributed by atoms with van der Waals surface area (Å²) in [6.07, 6.45) is 3.15. The highest BCUT2D eigenvalue weighted by Gasteiger charge is 2.29. The summed E-state index contributed by atoms with van der Waals surface area (Å²) in [5, 5.41) is 0. The topological polar surface area (TPSA) is 61.3 Å². The largest absolute Gasteiger partial charge is 0.375 e. The second kappa shape index (κ2) is 7.30. The smallest absolute Gasteiger partial charge is 0.0591 e. The van der Waals surface area contributed by atoms with Gasteiger partial charge in [-0.2, -0.15) is 0 Å². The van der Waals surface area contributed by atoms with Crippen LogP contribution < -0.4 is 11.5 Å². The zero-order valence-electron chi connectivity index (χ0n) is 9.12. The Morgan fingerprint density at radius 2 is 1.85 bits per heavy atom. The number of hydrogen-bond donors (Lipinski definition) is 2. The summed E-state index contributed by atoms with van der Waals surface area (Å²) in [5.41, 5.74) is 10.4. The predicted molar refractivity (Wildman–Crippen MR) is 56.5 cm³/mol. The average Bonchev–Trinajstić information content (AvgIpc) is 2.47. The second-order valence-corrected chi connectivity index (χ2v) is 3.51. The fourth-order valence-electron chi connectivity index (χ4n) is 1.55. The molecule has 1 fully saturated rings. The molecule has 1 heterocycles. The van der Waals surface area contributed by atoms with Crippen LogP contribution in [0.25, 0.3) is 0 Å². The first-order valence-corrected chi connectivity index (χ1v) is 5.25. The minimum Gasteiger partial charge on any atom is -0.375 e. The van der Waals surface area contributed by atoms with Crippen molar-refractivity contribution in [2.45, 2.75) is 45.8 Å². The second-order valence-electron chi connectivity index (χ2n) is 3.51. The van der Waals surface area contributed by atoms with Gasteiger partial charge in [-0.3, -0.25) is 0 Å². The van der Waals surface area contributed by atoms with E-state index in [-0.39, 0.29) is 0 Å². The predicted octanol–water partition coefficient (Wildman–Crippen LogP) is 1.11. The van der Waals surface area contributed by atoms with Gasteiger partial charge in [-0.15, -0.1) is 0 Å². The molecule has 1 rings (SSSR count). The third-order valence-corrected chi connectivity index (χ3v) is 2.39. The van der Waals surface area contributed by atoms with Crippen LogP contribution in [0.3, 0.4) is 0 Å². The van der Waals surface area contributed by atoms with Gasteiger partial charge in [0.25, 0.3) is 0 Å². The zero-order valence-corrected chi connectivity index (χ0v) is 9.12. The Balaban J connectivity index is 0.000000424. The number of rotatable bonds is 2. The molecule has 3 nitrogen and oxygen atoms in total. The van der Waals surface area contributed by atoms with Crippen molar-refractivity contribution in [3.8, 4) is 0 Å². The normalized spacial score (nSPS) is 32.5. The van der Waals surface area contributed by atoms with E-state index >= 15 is 0 Å². The summed E-state index contributed by atoms with van der Waals surface area (Å²) in [7, 11) is 0. The molecular formula is C10H24N2O. The maximum atomic E-state index is 5.63. The van der Waals surface area contributed by atoms with Crippen LogP contribution in [0.15, 0.2) is 0 Å². The summed E-state index contributed by atoms with van der Waals surface area (Å²) in [4.78, 5) is 0. The molecule has 13 heavy (non-hydrogen) atoms. The Kier molecular flexibility index (Phi) is 7.23. The van der Waals surface area contributed by atoms with Crippen LogP contribution in [-0.2, 0) is 4.74 Å². The molecule has 0 spiro atoms. The summed E-state index contributed by atoms with van der Waals surface area (Å²) in [5.74, 6) is 0.602. The molecule has 80 valence electrons. The summed E-state index contributed by atoms with van der Waals surface area (Å²) < 4.78 is 5.63. The van der Waals surface area contributed by atoms with E-state index in [1.807, 2.05) is 6.92 Å². The summed E-state index contributed by atoms with van der Waals surface area (Å²) >= 11 is 0. The lowest BCUT2D eigenvalue weighted by Gasteiger charge is -2.09. The minimum absolute atomic E-state index is 0.384. The number of nitrogens with two attached hydrogens (primary N) is 2. The van der Waals surface area contributed by atoms with Gasteiger partial charge in [0, 0.05) is 0 Å². The van der Waals surface area contributed by atoms with Crippen molar-refractivity contribution < 1.29 is 4.74 Å². The molecule has 0 aromatic heterocycles. The molecule has 3 unspecified atom stereocenters. The standard InChI is InChI=1S/C8H17NO.C2H7N/c1-3-8-4-7(5-9)6(2)10-8;1-2-3/h6-8H,3-5,9H2,1-2H3;2-3H2,1H3. The molecule has 0 aromatic rings. The van der Waals surface area contributed by atoms with E-state index in [9.17, 15) is 0 Å². The fourth-order valence-corrected chi connectivity index (χ4v) is 1.55. The first-order valence-electron chi connectivity index (χ1n) is 5.25. The lowest BCUT2D eigenvalue weighted by molar-refractivity contribution is 0.0451. The van der Waals surface area contributed by atoms with Crippen molar-refractivity contribution in [3.05, 3.63) is 0 Å². The van der Waals surface area contributed by atoms with Crippen molar-refractivity contribution in [2.75, 3.05) is 13.1 Å². The Morgan fingerprint density at radius 3 is 2.08 bits per heavy atom. The molecule has 1 aliphatic heterocycles. The lowest BCUT2D eigenvalue weighted by Crippen LogP contribution is -2.20. The maximum absolute atomic E-state index is 5.63. The third kappa shape index (κ3) is 4.60. The molecule has 1 aliphatic rings. The van der Waals surface area contributed by atoms with Crippen LogP contribution in [0, 0.1) is 5.92 Å². The van der Waals surface area contributed by atoms with Crippen LogP contribution in [0.2, 0.25) is 0 Å². The van der Waals surface area contributed by atoms with Gasteiger partial charge in [-0.1, -0.05) is 13.8 Å². The van der Waals surface area contributed by atoms with Gasteiger partial charge in [-0.25, -0.2) is 0 Å². The highest BCUT2D eigenvalue weighted by Crippen LogP contribution is 2.26. The van der Waals surface area contributed by atoms with Crippen molar-refractivity contribution >= 4 is 0 Å². The molecular weight excluding hydrogens is 164 g/mol. The van der Waals surface area contributed by atoms with Gasteiger partial charge in [0.1, 0.15) is 0 Å². The third-order valence-electron chi connectivity index (χ3n) is 2.39. The van der Waals surface area contributed by atoms with Gasteiger partial charge in [0.2, 0.25) is 0 Å².